The van der Waals surface area contributed by atoms with E-state index in [0.29, 0.717) is 25.3 Å². The van der Waals surface area contributed by atoms with Crippen LogP contribution in [0.4, 0.5) is 0 Å². The Kier molecular flexibility index (Phi) is 5.66. The number of aryl methyl sites for hydroxylation is 2. The van der Waals surface area contributed by atoms with Gasteiger partial charge in [-0.1, -0.05) is 57.9 Å². The summed E-state index contributed by atoms with van der Waals surface area (Å²) in [7, 11) is 0. The molecular weight excluding hydrogens is 380 g/mol. The molecule has 0 aliphatic carbocycles. The van der Waals surface area contributed by atoms with Gasteiger partial charge in [-0.3, -0.25) is 4.79 Å². The smallest absolute Gasteiger partial charge is 0.220 e. The molecule has 5 heteroatoms. The highest BCUT2D eigenvalue weighted by molar-refractivity contribution is 9.10. The standard InChI is InChI=1S/C20H19BrN2O2/c1-14-2-6-16(7-3-14)18-13-23-20(25-18)11-10-19(24)22-12-15-4-8-17(21)9-5-15/h2-9,13H,10-12H2,1H3,(H,22,24). The van der Waals surface area contributed by atoms with Crippen molar-refractivity contribution in [2.24, 2.45) is 0 Å². The van der Waals surface area contributed by atoms with Crippen LogP contribution in [0.1, 0.15) is 23.4 Å². The maximum atomic E-state index is 12.0. The van der Waals surface area contributed by atoms with Crippen molar-refractivity contribution in [2.45, 2.75) is 26.3 Å². The lowest BCUT2D eigenvalue weighted by Crippen LogP contribution is -2.22. The molecule has 4 nitrogen and oxygen atoms in total. The number of hydrogen-bond donors (Lipinski definition) is 1. The number of halogens is 1. The van der Waals surface area contributed by atoms with E-state index in [1.54, 1.807) is 6.20 Å². The van der Waals surface area contributed by atoms with Crippen LogP contribution in [0.5, 0.6) is 0 Å². The fraction of sp³-hybridized carbons (Fsp3) is 0.200. The Morgan fingerprint density at radius 2 is 1.84 bits per heavy atom. The molecule has 1 heterocycles. The molecule has 0 saturated carbocycles. The van der Waals surface area contributed by atoms with Crippen LogP contribution in [-0.4, -0.2) is 10.9 Å². The number of nitrogens with zero attached hydrogens (tertiary/aromatic N) is 1. The first-order valence-electron chi connectivity index (χ1n) is 8.13. The molecule has 0 aliphatic rings. The van der Waals surface area contributed by atoms with Crippen LogP contribution in [0.2, 0.25) is 0 Å². The molecule has 128 valence electrons. The van der Waals surface area contributed by atoms with Crippen molar-refractivity contribution in [2.75, 3.05) is 0 Å². The van der Waals surface area contributed by atoms with Gasteiger partial charge in [-0.15, -0.1) is 0 Å². The molecule has 0 spiro atoms. The van der Waals surface area contributed by atoms with Crippen molar-refractivity contribution in [1.29, 1.82) is 0 Å². The Hall–Kier alpha value is -2.40. The van der Waals surface area contributed by atoms with E-state index in [2.05, 4.69) is 26.2 Å². The first-order chi connectivity index (χ1) is 12.1. The maximum Gasteiger partial charge on any atom is 0.220 e. The average molecular weight is 399 g/mol. The third-order valence-corrected chi connectivity index (χ3v) is 4.39. The van der Waals surface area contributed by atoms with Crippen LogP contribution < -0.4 is 5.32 Å². The normalized spacial score (nSPS) is 10.6. The number of nitrogens with one attached hydrogen (secondary N) is 1. The second kappa shape index (κ2) is 8.12. The molecule has 0 aliphatic heterocycles. The Morgan fingerprint density at radius 1 is 1.12 bits per heavy atom. The van der Waals surface area contributed by atoms with Gasteiger partial charge in [0.05, 0.1) is 6.20 Å². The van der Waals surface area contributed by atoms with Gasteiger partial charge in [-0.25, -0.2) is 4.98 Å². The van der Waals surface area contributed by atoms with E-state index in [1.807, 2.05) is 55.5 Å². The topological polar surface area (TPSA) is 55.1 Å². The molecule has 0 fully saturated rings. The van der Waals surface area contributed by atoms with E-state index < -0.39 is 0 Å². The predicted molar refractivity (Wildman–Crippen MR) is 101 cm³/mol. The molecule has 3 rings (SSSR count). The molecule has 0 saturated heterocycles. The second-order valence-electron chi connectivity index (χ2n) is 5.89. The van der Waals surface area contributed by atoms with E-state index in [4.69, 9.17) is 4.42 Å². The summed E-state index contributed by atoms with van der Waals surface area (Å²) in [5.74, 6) is 1.29. The van der Waals surface area contributed by atoms with Crippen LogP contribution >= 0.6 is 15.9 Å². The van der Waals surface area contributed by atoms with Crippen molar-refractivity contribution < 1.29 is 9.21 Å². The Bertz CT molecular complexity index is 839. The first kappa shape index (κ1) is 17.4. The molecule has 0 radical (unpaired) electrons. The number of carbonyl (C=O) groups excluding carboxylic acids is 1. The number of benzene rings is 2. The molecule has 1 N–H and O–H groups in total. The molecule has 25 heavy (non-hydrogen) atoms. The summed E-state index contributed by atoms with van der Waals surface area (Å²) in [6.45, 7) is 2.56. The summed E-state index contributed by atoms with van der Waals surface area (Å²) in [5.41, 5.74) is 3.25. The van der Waals surface area contributed by atoms with Crippen molar-refractivity contribution >= 4 is 21.8 Å². The van der Waals surface area contributed by atoms with Crippen molar-refractivity contribution in [3.8, 4) is 11.3 Å². The lowest BCUT2D eigenvalue weighted by atomic mass is 10.1. The molecule has 0 atom stereocenters. The highest BCUT2D eigenvalue weighted by atomic mass is 79.9. The summed E-state index contributed by atoms with van der Waals surface area (Å²) >= 11 is 3.39. The number of amides is 1. The zero-order valence-electron chi connectivity index (χ0n) is 14.0. The molecular formula is C20H19BrN2O2. The maximum absolute atomic E-state index is 12.0. The van der Waals surface area contributed by atoms with E-state index >= 15 is 0 Å². The third-order valence-electron chi connectivity index (χ3n) is 3.86. The van der Waals surface area contributed by atoms with Crippen molar-refractivity contribution in [1.82, 2.24) is 10.3 Å². The van der Waals surface area contributed by atoms with Gasteiger partial charge in [-0.05, 0) is 24.6 Å². The molecule has 1 aromatic heterocycles. The first-order valence-corrected chi connectivity index (χ1v) is 8.92. The average Bonchev–Trinajstić information content (AvgIpc) is 3.09. The summed E-state index contributed by atoms with van der Waals surface area (Å²) in [4.78, 5) is 16.2. The van der Waals surface area contributed by atoms with E-state index in [-0.39, 0.29) is 5.91 Å². The van der Waals surface area contributed by atoms with Gasteiger partial charge in [0.2, 0.25) is 5.91 Å². The minimum atomic E-state index is -0.0157. The van der Waals surface area contributed by atoms with E-state index in [0.717, 1.165) is 21.4 Å². The van der Waals surface area contributed by atoms with Gasteiger partial charge in [0.1, 0.15) is 0 Å². The SMILES string of the molecule is Cc1ccc(-c2cnc(CCC(=O)NCc3ccc(Br)cc3)o2)cc1. The minimum Gasteiger partial charge on any atom is -0.441 e. The van der Waals surface area contributed by atoms with Gasteiger partial charge < -0.3 is 9.73 Å². The number of carbonyl (C=O) groups is 1. The summed E-state index contributed by atoms with van der Waals surface area (Å²) < 4.78 is 6.76. The van der Waals surface area contributed by atoms with Crippen LogP contribution in [0.3, 0.4) is 0 Å². The number of hydrogen-bond acceptors (Lipinski definition) is 3. The van der Waals surface area contributed by atoms with Gasteiger partial charge in [-0.2, -0.15) is 0 Å². The number of aromatic nitrogens is 1. The van der Waals surface area contributed by atoms with Crippen LogP contribution in [0.15, 0.2) is 63.6 Å². The lowest BCUT2D eigenvalue weighted by Gasteiger charge is -2.04. The third kappa shape index (κ3) is 5.03. The quantitative estimate of drug-likeness (QED) is 0.656. The highest BCUT2D eigenvalue weighted by Gasteiger charge is 2.09. The number of rotatable bonds is 6. The van der Waals surface area contributed by atoms with Crippen LogP contribution in [0.25, 0.3) is 11.3 Å². The number of oxazole rings is 1. The zero-order chi connectivity index (χ0) is 17.6. The zero-order valence-corrected chi connectivity index (χ0v) is 15.5. The largest absolute Gasteiger partial charge is 0.441 e. The Balaban J connectivity index is 1.49. The second-order valence-corrected chi connectivity index (χ2v) is 6.80. The monoisotopic (exact) mass is 398 g/mol. The van der Waals surface area contributed by atoms with E-state index in [1.165, 1.54) is 5.56 Å². The van der Waals surface area contributed by atoms with E-state index in [9.17, 15) is 4.79 Å². The van der Waals surface area contributed by atoms with Crippen molar-refractivity contribution in [3.05, 3.63) is 76.2 Å². The molecule has 2 aromatic carbocycles. The van der Waals surface area contributed by atoms with Gasteiger partial charge in [0.15, 0.2) is 11.7 Å². The van der Waals surface area contributed by atoms with Gasteiger partial charge in [0, 0.05) is 29.4 Å². The summed E-state index contributed by atoms with van der Waals surface area (Å²) in [5, 5.41) is 2.91. The molecule has 0 bridgehead atoms. The van der Waals surface area contributed by atoms with Crippen LogP contribution in [0, 0.1) is 6.92 Å². The summed E-state index contributed by atoms with van der Waals surface area (Å²) in [6, 6.07) is 16.0. The predicted octanol–water partition coefficient (Wildman–Crippen LogP) is 4.66. The van der Waals surface area contributed by atoms with Gasteiger partial charge >= 0.3 is 0 Å². The Labute approximate surface area is 155 Å². The minimum absolute atomic E-state index is 0.0157. The van der Waals surface area contributed by atoms with Crippen LogP contribution in [-0.2, 0) is 17.8 Å². The fourth-order valence-corrected chi connectivity index (χ4v) is 2.65. The fourth-order valence-electron chi connectivity index (χ4n) is 2.39. The van der Waals surface area contributed by atoms with Gasteiger partial charge in [0.25, 0.3) is 0 Å². The highest BCUT2D eigenvalue weighted by Crippen LogP contribution is 2.21. The molecule has 1 amide bonds. The van der Waals surface area contributed by atoms with Crippen molar-refractivity contribution in [3.63, 3.8) is 0 Å². The Morgan fingerprint density at radius 3 is 2.56 bits per heavy atom. The molecule has 3 aromatic rings. The lowest BCUT2D eigenvalue weighted by molar-refractivity contribution is -0.121. The summed E-state index contributed by atoms with van der Waals surface area (Å²) in [6.07, 6.45) is 2.54. The molecule has 0 unspecified atom stereocenters.